The molecule has 2 rings (SSSR count). The highest BCUT2D eigenvalue weighted by atomic mass is 16.4. The van der Waals surface area contributed by atoms with Crippen LogP contribution in [0.1, 0.15) is 30.7 Å². The number of nitrogens with zero attached hydrogens (tertiary/aromatic N) is 3. The van der Waals surface area contributed by atoms with Crippen molar-refractivity contribution in [2.45, 2.75) is 33.2 Å². The minimum Gasteiger partial charge on any atom is -0.443 e. The highest BCUT2D eigenvalue weighted by Crippen LogP contribution is 2.12. The Hall–Kier alpha value is -1.52. The lowest BCUT2D eigenvalue weighted by Crippen LogP contribution is -2.46. The van der Waals surface area contributed by atoms with E-state index in [2.05, 4.69) is 14.9 Å². The highest BCUT2D eigenvalue weighted by Gasteiger charge is 2.16. The molecule has 0 aromatic carbocycles. The first kappa shape index (κ1) is 11.0. The largest absolute Gasteiger partial charge is 0.443 e. The Morgan fingerprint density at radius 2 is 2.31 bits per heavy atom. The molecule has 0 amide bonds. The molecule has 0 saturated carbocycles. The molecule has 1 aromatic heterocycles. The van der Waals surface area contributed by atoms with Crippen LogP contribution >= 0.6 is 0 Å². The third-order valence-corrected chi connectivity index (χ3v) is 2.80. The number of likely N-dealkylation sites (tertiary alicyclic amines) is 1. The van der Waals surface area contributed by atoms with Gasteiger partial charge < -0.3 is 15.1 Å². The normalized spacial score (nSPS) is 16.4. The van der Waals surface area contributed by atoms with E-state index in [0.717, 1.165) is 36.9 Å². The van der Waals surface area contributed by atoms with E-state index in [1.54, 1.807) is 0 Å². The Bertz CT molecular complexity index is 393. The first-order chi connectivity index (χ1) is 7.70. The summed E-state index contributed by atoms with van der Waals surface area (Å²) in [6.07, 6.45) is 2.02. The van der Waals surface area contributed by atoms with E-state index in [1.807, 2.05) is 13.8 Å². The number of nitrogens with two attached hydrogens (primary N) is 1. The zero-order chi connectivity index (χ0) is 11.5. The maximum absolute atomic E-state index is 5.83. The van der Waals surface area contributed by atoms with Crippen molar-refractivity contribution in [3.8, 4) is 0 Å². The zero-order valence-corrected chi connectivity index (χ0v) is 9.86. The van der Waals surface area contributed by atoms with Crippen LogP contribution in [0.15, 0.2) is 9.41 Å². The van der Waals surface area contributed by atoms with Crippen molar-refractivity contribution in [1.82, 2.24) is 9.88 Å². The fourth-order valence-corrected chi connectivity index (χ4v) is 1.58. The average molecular weight is 222 g/mol. The van der Waals surface area contributed by atoms with Crippen LogP contribution in [0.25, 0.3) is 0 Å². The first-order valence-corrected chi connectivity index (χ1v) is 5.70. The molecule has 2 heterocycles. The predicted molar refractivity (Wildman–Crippen MR) is 62.1 cm³/mol. The summed E-state index contributed by atoms with van der Waals surface area (Å²) in [4.78, 5) is 10.7. The van der Waals surface area contributed by atoms with Gasteiger partial charge in [0.25, 0.3) is 0 Å². The molecule has 88 valence electrons. The number of hydrogen-bond acceptors (Lipinski definition) is 3. The lowest BCUT2D eigenvalue weighted by atomic mass is 10.2. The van der Waals surface area contributed by atoms with Crippen molar-refractivity contribution >= 4 is 5.96 Å². The van der Waals surface area contributed by atoms with Crippen LogP contribution in [0, 0.1) is 6.92 Å². The summed E-state index contributed by atoms with van der Waals surface area (Å²) in [5.74, 6) is 2.20. The van der Waals surface area contributed by atoms with Crippen LogP contribution in [0.3, 0.4) is 0 Å². The zero-order valence-electron chi connectivity index (χ0n) is 9.86. The predicted octanol–water partition coefficient (Wildman–Crippen LogP) is 1.07. The Balaban J connectivity index is 2.00. The molecular weight excluding hydrogens is 204 g/mol. The molecule has 0 radical (unpaired) electrons. The van der Waals surface area contributed by atoms with Gasteiger partial charge in [0.15, 0.2) is 11.9 Å². The maximum atomic E-state index is 5.83. The van der Waals surface area contributed by atoms with E-state index in [9.17, 15) is 0 Å². The summed E-state index contributed by atoms with van der Waals surface area (Å²) in [6, 6.07) is 0. The molecule has 1 aliphatic rings. The highest BCUT2D eigenvalue weighted by molar-refractivity contribution is 5.78. The third kappa shape index (κ3) is 2.18. The number of aromatic nitrogens is 1. The summed E-state index contributed by atoms with van der Waals surface area (Å²) >= 11 is 0. The van der Waals surface area contributed by atoms with Gasteiger partial charge >= 0.3 is 0 Å². The molecule has 0 aliphatic carbocycles. The second kappa shape index (κ2) is 4.55. The van der Waals surface area contributed by atoms with Crippen molar-refractivity contribution in [3.05, 3.63) is 17.3 Å². The first-order valence-electron chi connectivity index (χ1n) is 5.70. The molecule has 1 aromatic rings. The lowest BCUT2D eigenvalue weighted by molar-refractivity contribution is 0.295. The fourth-order valence-electron chi connectivity index (χ4n) is 1.58. The number of rotatable bonds is 3. The number of guanidine groups is 1. The van der Waals surface area contributed by atoms with Crippen molar-refractivity contribution in [2.75, 3.05) is 13.1 Å². The van der Waals surface area contributed by atoms with Crippen molar-refractivity contribution < 1.29 is 4.42 Å². The van der Waals surface area contributed by atoms with Crippen LogP contribution in [-0.2, 0) is 13.0 Å². The van der Waals surface area contributed by atoms with Crippen molar-refractivity contribution in [3.63, 3.8) is 0 Å². The number of oxazole rings is 1. The van der Waals surface area contributed by atoms with E-state index >= 15 is 0 Å². The van der Waals surface area contributed by atoms with E-state index < -0.39 is 0 Å². The monoisotopic (exact) mass is 222 g/mol. The average Bonchev–Trinajstić information content (AvgIpc) is 2.53. The Labute approximate surface area is 95.4 Å². The van der Waals surface area contributed by atoms with Crippen molar-refractivity contribution in [1.29, 1.82) is 0 Å². The van der Waals surface area contributed by atoms with Crippen LogP contribution in [0.5, 0.6) is 0 Å². The van der Waals surface area contributed by atoms with Crippen LogP contribution in [0.4, 0.5) is 0 Å². The van der Waals surface area contributed by atoms with Gasteiger partial charge in [0.1, 0.15) is 12.3 Å². The number of aliphatic imine (C=N–C) groups is 1. The van der Waals surface area contributed by atoms with Gasteiger partial charge in [-0.25, -0.2) is 9.98 Å². The minimum atomic E-state index is 0.487. The SMILES string of the molecule is CCc1nc(C)c(CN=C(N)N2CCC2)o1. The summed E-state index contributed by atoms with van der Waals surface area (Å²) in [7, 11) is 0. The fraction of sp³-hybridized carbons (Fsp3) is 0.636. The summed E-state index contributed by atoms with van der Waals surface area (Å²) in [6.45, 7) is 6.48. The van der Waals surface area contributed by atoms with E-state index in [1.165, 1.54) is 6.42 Å². The van der Waals surface area contributed by atoms with Gasteiger partial charge in [0.05, 0.1) is 5.69 Å². The van der Waals surface area contributed by atoms with Crippen LogP contribution in [-0.4, -0.2) is 28.9 Å². The molecule has 1 fully saturated rings. The van der Waals surface area contributed by atoms with Gasteiger partial charge in [-0.3, -0.25) is 0 Å². The molecule has 5 nitrogen and oxygen atoms in total. The molecule has 16 heavy (non-hydrogen) atoms. The molecular formula is C11H18N4O. The molecule has 0 atom stereocenters. The minimum absolute atomic E-state index is 0.487. The molecule has 1 saturated heterocycles. The summed E-state index contributed by atoms with van der Waals surface area (Å²) in [5.41, 5.74) is 6.74. The molecule has 2 N–H and O–H groups in total. The van der Waals surface area contributed by atoms with Gasteiger partial charge in [-0.1, -0.05) is 6.92 Å². The van der Waals surface area contributed by atoms with Gasteiger partial charge in [-0.15, -0.1) is 0 Å². The standard InChI is InChI=1S/C11H18N4O/c1-3-10-14-8(2)9(16-10)7-13-11(12)15-5-4-6-15/h3-7H2,1-2H3,(H2,12,13). The van der Waals surface area contributed by atoms with Crippen LogP contribution < -0.4 is 5.73 Å². The van der Waals surface area contributed by atoms with E-state index in [4.69, 9.17) is 10.2 Å². The lowest BCUT2D eigenvalue weighted by Gasteiger charge is -2.31. The van der Waals surface area contributed by atoms with E-state index in [0.29, 0.717) is 12.5 Å². The van der Waals surface area contributed by atoms with E-state index in [-0.39, 0.29) is 0 Å². The number of aryl methyl sites for hydroxylation is 2. The quantitative estimate of drug-likeness (QED) is 0.613. The summed E-state index contributed by atoms with van der Waals surface area (Å²) in [5, 5.41) is 0. The maximum Gasteiger partial charge on any atom is 0.194 e. The molecule has 0 bridgehead atoms. The van der Waals surface area contributed by atoms with Crippen LogP contribution in [0.2, 0.25) is 0 Å². The second-order valence-electron chi connectivity index (χ2n) is 3.98. The third-order valence-electron chi connectivity index (χ3n) is 2.80. The molecule has 0 spiro atoms. The van der Waals surface area contributed by atoms with Crippen molar-refractivity contribution in [2.24, 2.45) is 10.7 Å². The summed E-state index contributed by atoms with van der Waals surface area (Å²) < 4.78 is 5.55. The molecule has 5 heteroatoms. The van der Waals surface area contributed by atoms with Gasteiger partial charge in [0, 0.05) is 19.5 Å². The smallest absolute Gasteiger partial charge is 0.194 e. The Kier molecular flexibility index (Phi) is 3.12. The molecule has 1 aliphatic heterocycles. The van der Waals surface area contributed by atoms with Gasteiger partial charge in [-0.05, 0) is 13.3 Å². The van der Waals surface area contributed by atoms with Gasteiger partial charge in [0.2, 0.25) is 0 Å². The number of hydrogen-bond donors (Lipinski definition) is 1. The second-order valence-corrected chi connectivity index (χ2v) is 3.98. The Morgan fingerprint density at radius 1 is 1.56 bits per heavy atom. The molecule has 0 unspecified atom stereocenters. The Morgan fingerprint density at radius 3 is 2.81 bits per heavy atom. The van der Waals surface area contributed by atoms with Gasteiger partial charge in [-0.2, -0.15) is 0 Å². The topological polar surface area (TPSA) is 67.7 Å².